The Morgan fingerprint density at radius 3 is 2.41 bits per heavy atom. The number of benzene rings is 3. The molecule has 0 bridgehead atoms. The van der Waals surface area contributed by atoms with Crippen molar-refractivity contribution >= 4 is 38.9 Å². The third kappa shape index (κ3) is 4.70. The summed E-state index contributed by atoms with van der Waals surface area (Å²) in [5.41, 5.74) is 1.79. The number of amides is 1. The Labute approximate surface area is 174 Å². The van der Waals surface area contributed by atoms with Crippen LogP contribution in [0, 0.1) is 6.92 Å². The highest BCUT2D eigenvalue weighted by Crippen LogP contribution is 2.27. The number of hydrogen-bond donors (Lipinski definition) is 2. The first-order valence-corrected chi connectivity index (χ1v) is 10.5. The van der Waals surface area contributed by atoms with Crippen LogP contribution in [0.25, 0.3) is 0 Å². The fraction of sp³-hybridized carbons (Fsp3) is 0.0952. The topological polar surface area (TPSA) is 84.5 Å². The Bertz CT molecular complexity index is 1160. The highest BCUT2D eigenvalue weighted by atomic mass is 35.5. The molecule has 0 unspecified atom stereocenters. The van der Waals surface area contributed by atoms with Gasteiger partial charge in [0.1, 0.15) is 5.75 Å². The molecule has 3 rings (SSSR count). The maximum absolute atomic E-state index is 12.8. The molecule has 3 aromatic rings. The SMILES string of the molecule is COc1ccccc1NS(=O)(=O)c1cccc(C(=O)Nc2cccc(Cl)c2C)c1. The Balaban J connectivity index is 1.86. The molecule has 6 nitrogen and oxygen atoms in total. The molecule has 0 aliphatic heterocycles. The number of halogens is 1. The van der Waals surface area contributed by atoms with Crippen LogP contribution in [0.3, 0.4) is 0 Å². The molecule has 0 radical (unpaired) electrons. The van der Waals surface area contributed by atoms with Crippen molar-refractivity contribution in [1.29, 1.82) is 0 Å². The second-order valence-electron chi connectivity index (χ2n) is 6.20. The van der Waals surface area contributed by atoms with Crippen LogP contribution >= 0.6 is 11.6 Å². The van der Waals surface area contributed by atoms with Gasteiger partial charge in [-0.25, -0.2) is 8.42 Å². The maximum atomic E-state index is 12.8. The molecule has 2 N–H and O–H groups in total. The molecule has 0 heterocycles. The number of ether oxygens (including phenoxy) is 1. The third-order valence-electron chi connectivity index (χ3n) is 4.27. The standard InChI is InChI=1S/C21H19ClN2O4S/c1-14-17(22)9-6-11-18(14)23-21(25)15-7-5-8-16(13-15)29(26,27)24-19-10-3-4-12-20(19)28-2/h3-13,24H,1-2H3,(H,23,25). The van der Waals surface area contributed by atoms with Gasteiger partial charge in [0.2, 0.25) is 0 Å². The van der Waals surface area contributed by atoms with E-state index in [4.69, 9.17) is 16.3 Å². The number of para-hydroxylation sites is 2. The fourth-order valence-corrected chi connectivity index (χ4v) is 3.96. The molecule has 8 heteroatoms. The van der Waals surface area contributed by atoms with E-state index < -0.39 is 15.9 Å². The minimum absolute atomic E-state index is 0.0427. The van der Waals surface area contributed by atoms with Gasteiger partial charge in [-0.05, 0) is 55.0 Å². The number of sulfonamides is 1. The maximum Gasteiger partial charge on any atom is 0.262 e. The predicted octanol–water partition coefficient (Wildman–Crippen LogP) is 4.71. The molecule has 0 fully saturated rings. The Morgan fingerprint density at radius 1 is 0.966 bits per heavy atom. The summed E-state index contributed by atoms with van der Waals surface area (Å²) in [5.74, 6) is -0.0499. The number of rotatable bonds is 6. The zero-order valence-corrected chi connectivity index (χ0v) is 17.3. The predicted molar refractivity (Wildman–Crippen MR) is 114 cm³/mol. The summed E-state index contributed by atoms with van der Waals surface area (Å²) in [5, 5.41) is 3.28. The average molecular weight is 431 g/mol. The molecular weight excluding hydrogens is 412 g/mol. The summed E-state index contributed by atoms with van der Waals surface area (Å²) in [7, 11) is -2.47. The van der Waals surface area contributed by atoms with E-state index in [1.165, 1.54) is 31.4 Å². The van der Waals surface area contributed by atoms with Gasteiger partial charge in [-0.2, -0.15) is 0 Å². The summed E-state index contributed by atoms with van der Waals surface area (Å²) in [4.78, 5) is 12.6. The van der Waals surface area contributed by atoms with Crippen molar-refractivity contribution in [1.82, 2.24) is 0 Å². The zero-order chi connectivity index (χ0) is 21.0. The number of anilines is 2. The fourth-order valence-electron chi connectivity index (χ4n) is 2.67. The van der Waals surface area contributed by atoms with Gasteiger partial charge in [0.25, 0.3) is 15.9 Å². The first-order chi connectivity index (χ1) is 13.8. The van der Waals surface area contributed by atoms with Crippen LogP contribution in [-0.4, -0.2) is 21.4 Å². The lowest BCUT2D eigenvalue weighted by atomic mass is 10.1. The van der Waals surface area contributed by atoms with Gasteiger partial charge in [0.05, 0.1) is 17.7 Å². The molecular formula is C21H19ClN2O4S. The van der Waals surface area contributed by atoms with Gasteiger partial charge in [-0.15, -0.1) is 0 Å². The molecule has 0 aliphatic rings. The lowest BCUT2D eigenvalue weighted by Gasteiger charge is -2.13. The van der Waals surface area contributed by atoms with Gasteiger partial charge in [0.15, 0.2) is 0 Å². The number of hydrogen-bond acceptors (Lipinski definition) is 4. The van der Waals surface area contributed by atoms with Gasteiger partial charge < -0.3 is 10.1 Å². The Kier molecular flexibility index (Phi) is 6.10. The third-order valence-corrected chi connectivity index (χ3v) is 6.05. The van der Waals surface area contributed by atoms with Gasteiger partial charge >= 0.3 is 0 Å². The summed E-state index contributed by atoms with van der Waals surface area (Å²) in [6.45, 7) is 1.79. The second kappa shape index (κ2) is 8.55. The lowest BCUT2D eigenvalue weighted by molar-refractivity contribution is 0.102. The van der Waals surface area contributed by atoms with Crippen molar-refractivity contribution in [2.24, 2.45) is 0 Å². The van der Waals surface area contributed by atoms with E-state index >= 15 is 0 Å². The molecule has 29 heavy (non-hydrogen) atoms. The van der Waals surface area contributed by atoms with Crippen LogP contribution in [0.4, 0.5) is 11.4 Å². The van der Waals surface area contributed by atoms with Crippen LogP contribution < -0.4 is 14.8 Å². The molecule has 0 atom stereocenters. The van der Waals surface area contributed by atoms with Crippen molar-refractivity contribution in [3.05, 3.63) is 82.9 Å². The normalized spacial score (nSPS) is 11.0. The number of carbonyl (C=O) groups is 1. The Hall–Kier alpha value is -3.03. The van der Waals surface area contributed by atoms with Crippen LogP contribution in [0.1, 0.15) is 15.9 Å². The first kappa shape index (κ1) is 20.7. The minimum atomic E-state index is -3.92. The summed E-state index contributed by atoms with van der Waals surface area (Å²) in [6, 6.07) is 17.6. The van der Waals surface area contributed by atoms with Crippen LogP contribution in [0.15, 0.2) is 71.6 Å². The molecule has 0 saturated carbocycles. The van der Waals surface area contributed by atoms with E-state index in [0.29, 0.717) is 22.1 Å². The van der Waals surface area contributed by atoms with Gasteiger partial charge in [0, 0.05) is 16.3 Å². The highest BCUT2D eigenvalue weighted by molar-refractivity contribution is 7.92. The first-order valence-electron chi connectivity index (χ1n) is 8.64. The van der Waals surface area contributed by atoms with Crippen molar-refractivity contribution in [2.45, 2.75) is 11.8 Å². The minimum Gasteiger partial charge on any atom is -0.495 e. The van der Waals surface area contributed by atoms with E-state index in [0.717, 1.165) is 5.56 Å². The molecule has 0 aromatic heterocycles. The van der Waals surface area contributed by atoms with Crippen LogP contribution in [0.5, 0.6) is 5.75 Å². The monoisotopic (exact) mass is 430 g/mol. The van der Waals surface area contributed by atoms with E-state index in [9.17, 15) is 13.2 Å². The molecule has 3 aromatic carbocycles. The smallest absolute Gasteiger partial charge is 0.262 e. The number of carbonyl (C=O) groups excluding carboxylic acids is 1. The average Bonchev–Trinajstić information content (AvgIpc) is 2.71. The summed E-state index contributed by atoms with van der Waals surface area (Å²) in [6.07, 6.45) is 0. The lowest BCUT2D eigenvalue weighted by Crippen LogP contribution is -2.16. The van der Waals surface area contributed by atoms with Crippen LogP contribution in [-0.2, 0) is 10.0 Å². The van der Waals surface area contributed by atoms with Crippen molar-refractivity contribution in [3.63, 3.8) is 0 Å². The largest absolute Gasteiger partial charge is 0.495 e. The van der Waals surface area contributed by atoms with Crippen molar-refractivity contribution < 1.29 is 17.9 Å². The molecule has 0 spiro atoms. The Morgan fingerprint density at radius 2 is 1.66 bits per heavy atom. The highest BCUT2D eigenvalue weighted by Gasteiger charge is 2.18. The molecule has 0 saturated heterocycles. The van der Waals surface area contributed by atoms with E-state index in [1.54, 1.807) is 49.4 Å². The second-order valence-corrected chi connectivity index (χ2v) is 8.29. The molecule has 150 valence electrons. The van der Waals surface area contributed by atoms with Crippen molar-refractivity contribution in [2.75, 3.05) is 17.1 Å². The number of methoxy groups -OCH3 is 1. The van der Waals surface area contributed by atoms with E-state index in [1.807, 2.05) is 0 Å². The molecule has 1 amide bonds. The van der Waals surface area contributed by atoms with E-state index in [2.05, 4.69) is 10.0 Å². The number of nitrogens with one attached hydrogen (secondary N) is 2. The summed E-state index contributed by atoms with van der Waals surface area (Å²) < 4.78 is 33.2. The van der Waals surface area contributed by atoms with Gasteiger partial charge in [-0.1, -0.05) is 35.9 Å². The quantitative estimate of drug-likeness (QED) is 0.593. The van der Waals surface area contributed by atoms with Crippen LogP contribution in [0.2, 0.25) is 5.02 Å². The zero-order valence-electron chi connectivity index (χ0n) is 15.8. The van der Waals surface area contributed by atoms with Gasteiger partial charge in [-0.3, -0.25) is 9.52 Å². The summed E-state index contributed by atoms with van der Waals surface area (Å²) >= 11 is 6.08. The van der Waals surface area contributed by atoms with Crippen molar-refractivity contribution in [3.8, 4) is 5.75 Å². The van der Waals surface area contributed by atoms with E-state index in [-0.39, 0.29) is 10.5 Å². The molecule has 0 aliphatic carbocycles.